The van der Waals surface area contributed by atoms with E-state index in [0.717, 1.165) is 28.8 Å². The molecular weight excluding hydrogens is 474 g/mol. The Labute approximate surface area is 205 Å². The first-order valence-corrected chi connectivity index (χ1v) is 10.8. The van der Waals surface area contributed by atoms with Gasteiger partial charge in [-0.15, -0.1) is 13.2 Å². The quantitative estimate of drug-likeness (QED) is 0.144. The lowest BCUT2D eigenvalue weighted by Crippen LogP contribution is -2.17. The number of hydrogen-bond donors (Lipinski definition) is 0. The molecule has 0 aromatic heterocycles. The van der Waals surface area contributed by atoms with Crippen molar-refractivity contribution in [1.82, 2.24) is 0 Å². The third-order valence-electron chi connectivity index (χ3n) is 5.17. The van der Waals surface area contributed by atoms with E-state index in [1.54, 1.807) is 37.5 Å². The summed E-state index contributed by atoms with van der Waals surface area (Å²) in [5.74, 6) is -0.825. The number of hydrogen-bond acceptors (Lipinski definition) is 4. The predicted octanol–water partition coefficient (Wildman–Crippen LogP) is 7.52. The molecule has 0 aliphatic carbocycles. The molecule has 0 atom stereocenters. The van der Waals surface area contributed by atoms with Crippen molar-refractivity contribution in [2.75, 3.05) is 13.8 Å². The van der Waals surface area contributed by atoms with Crippen LogP contribution in [0.1, 0.15) is 5.56 Å². The summed E-state index contributed by atoms with van der Waals surface area (Å²) in [6.07, 6.45) is -3.16. The molecule has 0 amide bonds. The summed E-state index contributed by atoms with van der Waals surface area (Å²) < 4.78 is 65.8. The zero-order valence-electron chi connectivity index (χ0n) is 19.1. The van der Waals surface area contributed by atoms with Crippen LogP contribution in [0.3, 0.4) is 0 Å². The van der Waals surface area contributed by atoms with Gasteiger partial charge in [-0.05, 0) is 64.2 Å². The van der Waals surface area contributed by atoms with Gasteiger partial charge in [-0.25, -0.2) is 4.39 Å². The Balaban J connectivity index is 1.31. The van der Waals surface area contributed by atoms with Gasteiger partial charge in [-0.1, -0.05) is 54.6 Å². The third-order valence-corrected chi connectivity index (χ3v) is 5.17. The SMILES string of the molecule is CN=Cc1ccc(-c2ccc(OCOc3ccc(-c4ccc(OC(F)(F)F)c(F)c4)cc3)cc2)cc1. The average molecular weight is 495 g/mol. The van der Waals surface area contributed by atoms with Gasteiger partial charge in [0.15, 0.2) is 11.6 Å². The normalized spacial score (nSPS) is 11.5. The number of rotatable bonds is 8. The monoisotopic (exact) mass is 495 g/mol. The smallest absolute Gasteiger partial charge is 0.458 e. The highest BCUT2D eigenvalue weighted by molar-refractivity contribution is 5.80. The van der Waals surface area contributed by atoms with Crippen LogP contribution in [0, 0.1) is 5.82 Å². The summed E-state index contributed by atoms with van der Waals surface area (Å²) in [7, 11) is 1.73. The van der Waals surface area contributed by atoms with Gasteiger partial charge in [-0.3, -0.25) is 4.99 Å². The summed E-state index contributed by atoms with van der Waals surface area (Å²) in [5.41, 5.74) is 4.16. The number of aliphatic imine (C=N–C) groups is 1. The van der Waals surface area contributed by atoms with Crippen molar-refractivity contribution < 1.29 is 31.8 Å². The molecule has 0 saturated carbocycles. The Morgan fingerprint density at radius 1 is 0.694 bits per heavy atom. The predicted molar refractivity (Wildman–Crippen MR) is 130 cm³/mol. The van der Waals surface area contributed by atoms with Crippen LogP contribution in [0.4, 0.5) is 17.6 Å². The molecule has 0 spiro atoms. The first kappa shape index (κ1) is 24.8. The highest BCUT2D eigenvalue weighted by Crippen LogP contribution is 2.30. The molecule has 4 rings (SSSR count). The largest absolute Gasteiger partial charge is 0.573 e. The zero-order valence-corrected chi connectivity index (χ0v) is 19.1. The minimum atomic E-state index is -4.96. The summed E-state index contributed by atoms with van der Waals surface area (Å²) >= 11 is 0. The first-order chi connectivity index (χ1) is 17.3. The van der Waals surface area contributed by atoms with Crippen LogP contribution in [-0.2, 0) is 0 Å². The lowest BCUT2D eigenvalue weighted by molar-refractivity contribution is -0.275. The van der Waals surface area contributed by atoms with E-state index in [1.807, 2.05) is 48.5 Å². The molecule has 36 heavy (non-hydrogen) atoms. The van der Waals surface area contributed by atoms with E-state index in [4.69, 9.17) is 9.47 Å². The molecule has 184 valence electrons. The van der Waals surface area contributed by atoms with E-state index in [0.29, 0.717) is 22.6 Å². The Kier molecular flexibility index (Phi) is 7.53. The Morgan fingerprint density at radius 3 is 1.64 bits per heavy atom. The van der Waals surface area contributed by atoms with Crippen LogP contribution in [-0.4, -0.2) is 26.4 Å². The third kappa shape index (κ3) is 6.63. The molecule has 4 aromatic rings. The number of ether oxygens (including phenoxy) is 3. The standard InChI is InChI=1S/C28H21F4NO3/c1-33-17-19-2-4-20(5-3-19)21-6-11-24(12-7-21)34-18-35-25-13-8-22(9-14-25)23-10-15-27(26(29)16-23)36-28(30,31)32/h2-17H,18H2,1H3. The van der Waals surface area contributed by atoms with Gasteiger partial charge in [0.25, 0.3) is 0 Å². The Hall–Kier alpha value is -4.33. The Morgan fingerprint density at radius 2 is 1.17 bits per heavy atom. The van der Waals surface area contributed by atoms with Crippen molar-refractivity contribution in [2.45, 2.75) is 6.36 Å². The van der Waals surface area contributed by atoms with Gasteiger partial charge < -0.3 is 14.2 Å². The van der Waals surface area contributed by atoms with Crippen LogP contribution in [0.25, 0.3) is 22.3 Å². The second-order valence-corrected chi connectivity index (χ2v) is 7.66. The maximum Gasteiger partial charge on any atom is 0.573 e. The summed E-state index contributed by atoms with van der Waals surface area (Å²) in [6.45, 7) is -0.0259. The van der Waals surface area contributed by atoms with Crippen LogP contribution in [0.2, 0.25) is 0 Å². The van der Waals surface area contributed by atoms with E-state index >= 15 is 0 Å². The van der Waals surface area contributed by atoms with Gasteiger partial charge in [0.2, 0.25) is 6.79 Å². The fourth-order valence-electron chi connectivity index (χ4n) is 3.45. The van der Waals surface area contributed by atoms with Crippen molar-refractivity contribution >= 4 is 6.21 Å². The number of halogens is 4. The fraction of sp³-hybridized carbons (Fsp3) is 0.107. The van der Waals surface area contributed by atoms with Crippen molar-refractivity contribution in [3.05, 3.63) is 102 Å². The van der Waals surface area contributed by atoms with Crippen LogP contribution in [0.5, 0.6) is 17.2 Å². The number of alkyl halides is 3. The highest BCUT2D eigenvalue weighted by Gasteiger charge is 2.32. The van der Waals surface area contributed by atoms with E-state index < -0.39 is 17.9 Å². The molecule has 0 N–H and O–H groups in total. The van der Waals surface area contributed by atoms with Crippen LogP contribution in [0.15, 0.2) is 96.0 Å². The molecule has 0 bridgehead atoms. The first-order valence-electron chi connectivity index (χ1n) is 10.8. The van der Waals surface area contributed by atoms with E-state index in [9.17, 15) is 17.6 Å². The van der Waals surface area contributed by atoms with E-state index in [2.05, 4.69) is 9.73 Å². The van der Waals surface area contributed by atoms with Crippen molar-refractivity contribution in [3.8, 4) is 39.5 Å². The van der Waals surface area contributed by atoms with Gasteiger partial charge in [0, 0.05) is 13.3 Å². The Bertz CT molecular complexity index is 1320. The van der Waals surface area contributed by atoms with Gasteiger partial charge in [-0.2, -0.15) is 0 Å². The van der Waals surface area contributed by atoms with Gasteiger partial charge in [0.05, 0.1) is 0 Å². The molecule has 4 aromatic carbocycles. The second kappa shape index (κ2) is 10.9. The summed E-state index contributed by atoms with van der Waals surface area (Å²) in [4.78, 5) is 4.00. The summed E-state index contributed by atoms with van der Waals surface area (Å²) in [5, 5.41) is 0. The van der Waals surface area contributed by atoms with Crippen LogP contribution < -0.4 is 14.2 Å². The molecule has 4 nitrogen and oxygen atoms in total. The maximum atomic E-state index is 14.0. The molecule has 0 radical (unpaired) electrons. The topological polar surface area (TPSA) is 40.0 Å². The lowest BCUT2D eigenvalue weighted by atomic mass is 10.0. The van der Waals surface area contributed by atoms with E-state index in [1.165, 1.54) is 6.07 Å². The average Bonchev–Trinajstić information content (AvgIpc) is 2.86. The molecule has 8 heteroatoms. The lowest BCUT2D eigenvalue weighted by Gasteiger charge is -2.11. The summed E-state index contributed by atoms with van der Waals surface area (Å²) in [6, 6.07) is 25.6. The maximum absolute atomic E-state index is 14.0. The molecule has 0 aliphatic rings. The van der Waals surface area contributed by atoms with Crippen molar-refractivity contribution in [2.24, 2.45) is 4.99 Å². The van der Waals surface area contributed by atoms with Crippen molar-refractivity contribution in [1.29, 1.82) is 0 Å². The molecule has 0 saturated heterocycles. The molecule has 0 unspecified atom stereocenters. The molecule has 0 aliphatic heterocycles. The molecule has 0 fully saturated rings. The minimum absolute atomic E-state index is 0.0259. The number of nitrogens with zero attached hydrogens (tertiary/aromatic N) is 1. The number of benzene rings is 4. The minimum Gasteiger partial charge on any atom is -0.458 e. The van der Waals surface area contributed by atoms with E-state index in [-0.39, 0.29) is 6.79 Å². The van der Waals surface area contributed by atoms with Crippen molar-refractivity contribution in [3.63, 3.8) is 0 Å². The second-order valence-electron chi connectivity index (χ2n) is 7.66. The highest BCUT2D eigenvalue weighted by atomic mass is 19.4. The van der Waals surface area contributed by atoms with Gasteiger partial charge in [0.1, 0.15) is 11.5 Å². The fourth-order valence-corrected chi connectivity index (χ4v) is 3.45. The van der Waals surface area contributed by atoms with Crippen LogP contribution >= 0.6 is 0 Å². The zero-order chi connectivity index (χ0) is 25.5. The molecular formula is C28H21F4NO3. The van der Waals surface area contributed by atoms with Gasteiger partial charge >= 0.3 is 6.36 Å². The molecule has 0 heterocycles.